The monoisotopic (exact) mass is 325 g/mol. The Kier molecular flexibility index (Phi) is 4.00. The number of halogens is 1. The molecule has 0 saturated carbocycles. The van der Waals surface area contributed by atoms with Crippen LogP contribution in [0.2, 0.25) is 5.15 Å². The van der Waals surface area contributed by atoms with Gasteiger partial charge in [0, 0.05) is 17.0 Å². The maximum absolute atomic E-state index is 12.1. The summed E-state index contributed by atoms with van der Waals surface area (Å²) in [5, 5.41) is 20.2. The van der Waals surface area contributed by atoms with Gasteiger partial charge in [0.1, 0.15) is 16.7 Å². The summed E-state index contributed by atoms with van der Waals surface area (Å²) in [5.41, 5.74) is 1.48. The number of rotatable bonds is 3. The fourth-order valence-corrected chi connectivity index (χ4v) is 2.42. The molecule has 0 saturated heterocycles. The van der Waals surface area contributed by atoms with Crippen LogP contribution in [0.15, 0.2) is 54.6 Å². The predicted molar refractivity (Wildman–Crippen MR) is 89.9 cm³/mol. The number of para-hydroxylation sites is 1. The Balaban J connectivity index is 1.93. The van der Waals surface area contributed by atoms with Crippen molar-refractivity contribution in [3.63, 3.8) is 0 Å². The van der Waals surface area contributed by atoms with E-state index in [2.05, 4.69) is 4.98 Å². The number of allylic oxidation sites excluding steroid dienone is 1. The number of phenolic OH excluding ortho intramolecular Hbond substituents is 2. The summed E-state index contributed by atoms with van der Waals surface area (Å²) in [6.07, 6.45) is 2.86. The van der Waals surface area contributed by atoms with E-state index in [1.54, 1.807) is 6.08 Å². The highest BCUT2D eigenvalue weighted by molar-refractivity contribution is 6.31. The van der Waals surface area contributed by atoms with Gasteiger partial charge in [-0.15, -0.1) is 0 Å². The van der Waals surface area contributed by atoms with Gasteiger partial charge in [0.15, 0.2) is 5.78 Å². The number of fused-ring (bicyclic) bond motifs is 1. The summed E-state index contributed by atoms with van der Waals surface area (Å²) >= 11 is 6.13. The molecule has 0 aliphatic rings. The first kappa shape index (κ1) is 15.1. The summed E-state index contributed by atoms with van der Waals surface area (Å²) in [7, 11) is 0. The lowest BCUT2D eigenvalue weighted by Gasteiger charge is -2.03. The van der Waals surface area contributed by atoms with Gasteiger partial charge in [-0.2, -0.15) is 0 Å². The molecule has 0 amide bonds. The Morgan fingerprint density at radius 1 is 1.09 bits per heavy atom. The number of pyridine rings is 1. The van der Waals surface area contributed by atoms with Gasteiger partial charge in [-0.05, 0) is 36.4 Å². The van der Waals surface area contributed by atoms with Crippen LogP contribution in [-0.4, -0.2) is 21.0 Å². The van der Waals surface area contributed by atoms with Crippen molar-refractivity contribution in [1.29, 1.82) is 0 Å². The Hall–Kier alpha value is -2.85. The second-order valence-electron chi connectivity index (χ2n) is 4.96. The van der Waals surface area contributed by atoms with Gasteiger partial charge in [-0.3, -0.25) is 4.79 Å². The average Bonchev–Trinajstić information content (AvgIpc) is 2.52. The van der Waals surface area contributed by atoms with E-state index >= 15 is 0 Å². The molecular formula is C18H12ClNO3. The number of benzene rings is 2. The van der Waals surface area contributed by atoms with Gasteiger partial charge < -0.3 is 10.2 Å². The van der Waals surface area contributed by atoms with E-state index in [1.165, 1.54) is 18.2 Å². The number of aromatic nitrogens is 1. The summed E-state index contributed by atoms with van der Waals surface area (Å²) in [4.78, 5) is 16.4. The third-order valence-corrected chi connectivity index (χ3v) is 3.67. The Morgan fingerprint density at radius 2 is 1.87 bits per heavy atom. The molecule has 114 valence electrons. The largest absolute Gasteiger partial charge is 0.508 e. The molecule has 2 aromatic carbocycles. The van der Waals surface area contributed by atoms with Gasteiger partial charge >= 0.3 is 0 Å². The molecule has 0 unspecified atom stereocenters. The molecule has 4 nitrogen and oxygen atoms in total. The van der Waals surface area contributed by atoms with Crippen molar-refractivity contribution >= 4 is 34.4 Å². The number of carbonyl (C=O) groups excluding carboxylic acids is 1. The maximum atomic E-state index is 12.1. The van der Waals surface area contributed by atoms with E-state index in [4.69, 9.17) is 11.6 Å². The van der Waals surface area contributed by atoms with Crippen molar-refractivity contribution < 1.29 is 15.0 Å². The number of ketones is 1. The van der Waals surface area contributed by atoms with E-state index in [-0.39, 0.29) is 17.1 Å². The fraction of sp³-hybridized carbons (Fsp3) is 0. The number of nitrogens with zero attached hydrogens (tertiary/aromatic N) is 1. The molecule has 0 atom stereocenters. The van der Waals surface area contributed by atoms with Crippen molar-refractivity contribution in [2.24, 2.45) is 0 Å². The summed E-state index contributed by atoms with van der Waals surface area (Å²) < 4.78 is 0. The summed E-state index contributed by atoms with van der Waals surface area (Å²) in [5.74, 6) is -0.779. The lowest BCUT2D eigenvalue weighted by Crippen LogP contribution is -1.94. The van der Waals surface area contributed by atoms with Crippen molar-refractivity contribution in [3.8, 4) is 11.5 Å². The first-order valence-corrected chi connectivity index (χ1v) is 7.22. The van der Waals surface area contributed by atoms with Crippen LogP contribution < -0.4 is 0 Å². The van der Waals surface area contributed by atoms with E-state index in [0.717, 1.165) is 17.0 Å². The topological polar surface area (TPSA) is 70.4 Å². The van der Waals surface area contributed by atoms with Gasteiger partial charge in [0.2, 0.25) is 0 Å². The number of hydrogen-bond donors (Lipinski definition) is 2. The zero-order valence-electron chi connectivity index (χ0n) is 11.9. The van der Waals surface area contributed by atoms with Crippen molar-refractivity contribution in [1.82, 2.24) is 4.98 Å². The van der Waals surface area contributed by atoms with E-state index in [9.17, 15) is 15.0 Å². The van der Waals surface area contributed by atoms with Crippen LogP contribution in [-0.2, 0) is 0 Å². The first-order valence-electron chi connectivity index (χ1n) is 6.84. The smallest absolute Gasteiger partial charge is 0.189 e. The lowest BCUT2D eigenvalue weighted by molar-refractivity contribution is 0.104. The minimum atomic E-state index is -0.397. The number of aromatic hydroxyl groups is 2. The second-order valence-corrected chi connectivity index (χ2v) is 5.32. The number of phenols is 2. The summed E-state index contributed by atoms with van der Waals surface area (Å²) in [6.45, 7) is 0. The third kappa shape index (κ3) is 3.17. The standard InChI is InChI=1S/C18H12ClNO3/c19-18-12(9-11-3-1-2-4-15(11)20-18)5-8-16(22)14-7-6-13(21)10-17(14)23/h1-10,21,23H. The first-order chi connectivity index (χ1) is 11.0. The van der Waals surface area contributed by atoms with Crippen LogP contribution in [0.1, 0.15) is 15.9 Å². The molecule has 1 aromatic heterocycles. The maximum Gasteiger partial charge on any atom is 0.189 e. The average molecular weight is 326 g/mol. The Morgan fingerprint density at radius 3 is 2.65 bits per heavy atom. The Labute approximate surface area is 137 Å². The molecule has 3 rings (SSSR count). The molecule has 0 radical (unpaired) electrons. The molecule has 5 heteroatoms. The zero-order chi connectivity index (χ0) is 16.4. The predicted octanol–water partition coefficient (Wildman–Crippen LogP) is 4.20. The van der Waals surface area contributed by atoms with E-state index in [1.807, 2.05) is 30.3 Å². The fourth-order valence-electron chi connectivity index (χ4n) is 2.21. The highest BCUT2D eigenvalue weighted by Gasteiger charge is 2.09. The molecule has 0 fully saturated rings. The molecular weight excluding hydrogens is 314 g/mol. The van der Waals surface area contributed by atoms with Gasteiger partial charge in [0.05, 0.1) is 11.1 Å². The summed E-state index contributed by atoms with van der Waals surface area (Å²) in [6, 6.07) is 13.2. The van der Waals surface area contributed by atoms with Crippen molar-refractivity contribution in [2.45, 2.75) is 0 Å². The second kappa shape index (κ2) is 6.10. The van der Waals surface area contributed by atoms with Gasteiger partial charge in [-0.25, -0.2) is 4.98 Å². The number of hydrogen-bond acceptors (Lipinski definition) is 4. The normalized spacial score (nSPS) is 11.2. The molecule has 1 heterocycles. The highest BCUT2D eigenvalue weighted by atomic mass is 35.5. The van der Waals surface area contributed by atoms with Crippen LogP contribution in [0.3, 0.4) is 0 Å². The van der Waals surface area contributed by atoms with Gasteiger partial charge in [0.25, 0.3) is 0 Å². The van der Waals surface area contributed by atoms with E-state index < -0.39 is 5.78 Å². The van der Waals surface area contributed by atoms with Crippen molar-refractivity contribution in [2.75, 3.05) is 0 Å². The van der Waals surface area contributed by atoms with E-state index in [0.29, 0.717) is 10.7 Å². The number of carbonyl (C=O) groups is 1. The molecule has 3 aromatic rings. The molecule has 0 spiro atoms. The van der Waals surface area contributed by atoms with Crippen LogP contribution in [0.25, 0.3) is 17.0 Å². The highest BCUT2D eigenvalue weighted by Crippen LogP contribution is 2.25. The molecule has 2 N–H and O–H groups in total. The molecule has 0 aliphatic carbocycles. The van der Waals surface area contributed by atoms with Gasteiger partial charge in [-0.1, -0.05) is 29.8 Å². The van der Waals surface area contributed by atoms with Crippen LogP contribution in [0.4, 0.5) is 0 Å². The lowest BCUT2D eigenvalue weighted by atomic mass is 10.1. The van der Waals surface area contributed by atoms with Crippen molar-refractivity contribution in [3.05, 3.63) is 70.9 Å². The molecule has 0 aliphatic heterocycles. The zero-order valence-corrected chi connectivity index (χ0v) is 12.7. The minimum Gasteiger partial charge on any atom is -0.508 e. The minimum absolute atomic E-state index is 0.101. The van der Waals surface area contributed by atoms with Crippen LogP contribution >= 0.6 is 11.6 Å². The SMILES string of the molecule is O=C(C=Cc1cc2ccccc2nc1Cl)c1ccc(O)cc1O. The molecule has 23 heavy (non-hydrogen) atoms. The quantitative estimate of drug-likeness (QED) is 0.430. The van der Waals surface area contributed by atoms with Crippen LogP contribution in [0.5, 0.6) is 11.5 Å². The molecule has 0 bridgehead atoms. The Bertz CT molecular complexity index is 935. The third-order valence-electron chi connectivity index (χ3n) is 3.37. The van der Waals surface area contributed by atoms with Crippen LogP contribution in [0, 0.1) is 0 Å².